The Morgan fingerprint density at radius 3 is 1.50 bits per heavy atom. The van der Waals surface area contributed by atoms with Crippen molar-refractivity contribution in [3.63, 3.8) is 0 Å². The van der Waals surface area contributed by atoms with Crippen LogP contribution in [-0.4, -0.2) is 108 Å². The highest BCUT2D eigenvalue weighted by Gasteiger charge is 2.29. The lowest BCUT2D eigenvalue weighted by Crippen LogP contribution is -2.24. The van der Waals surface area contributed by atoms with Gasteiger partial charge < -0.3 is 50.3 Å². The van der Waals surface area contributed by atoms with Gasteiger partial charge in [-0.1, -0.05) is 209 Å². The van der Waals surface area contributed by atoms with Crippen molar-refractivity contribution in [3.8, 4) is 34.5 Å². The zero-order chi connectivity index (χ0) is 72.3. The number of phenols is 5. The largest absolute Gasteiger partial charge is 0.508 e. The van der Waals surface area contributed by atoms with Crippen LogP contribution in [-0.2, 0) is 44.7 Å². The summed E-state index contributed by atoms with van der Waals surface area (Å²) in [5.41, 5.74) is 19.4. The third-order valence-corrected chi connectivity index (χ3v) is 19.6. The maximum atomic E-state index is 11.2. The Kier molecular flexibility index (Phi) is 34.0. The summed E-state index contributed by atoms with van der Waals surface area (Å²) in [5, 5.41) is 55.7. The van der Waals surface area contributed by atoms with E-state index in [9.17, 15) is 25.5 Å². The second-order valence-electron chi connectivity index (χ2n) is 28.3. The molecule has 0 radical (unpaired) electrons. The number of ether oxygens (including phenoxy) is 1. The summed E-state index contributed by atoms with van der Waals surface area (Å²) in [4.78, 5) is 8.56. The first-order valence-corrected chi connectivity index (χ1v) is 36.3. The van der Waals surface area contributed by atoms with Gasteiger partial charge >= 0.3 is 0 Å². The molecule has 1 aliphatic rings. The SMILES string of the molecule is C.CC/C(=C(/CC)c1ccc(O)c(CN(C)C)c1)c1ccc(OC)cc1.CCC(c1ccc(CN(C)C)c(O)c1)C(CC)c1ccc(CN(C)C)c(O)c1.CCN(CC)Cc1cc(C(C)(C)c2ccccc2)cc(C2CCCCC2)c1O.Cc1cc(C)c(O)c(CNCc2ccccc2)c1.[HH]. The molecule has 1 fully saturated rings. The standard InChI is InChI=1S/C26H37NO.C24H36N2O2.C22H29NO2.C16H19NO.CH4.H2/c1-5-27(6-2)19-21-17-23(26(3,4)22-15-11-8-12-16-22)18-24(25(21)28)20-13-9-7-10-14-20;1-7-21(17-9-11-19(15-25(3)4)23(27)13-17)22(8-2)18-10-12-20(16-26(5)6)24(28)14-18;1-6-20(16-8-11-19(25-5)12-9-16)21(7-2)17-10-13-22(24)18(14-17)15-23(3)4;1-12-8-13(2)16(18)15(9-12)11-17-10-14-6-4-3-5-7-14;;/h8,11-12,15-18,20,28H,5-7,9-10,13-14,19H2,1-4H3;9-14,21-22,27-28H,7-8,15-16H2,1-6H3;8-14,24H,6-7,15H2,1-5H3;3-9,17-18H,10-11H2,1-2H3;1H4;1H/b;;21-20+;;;. The fourth-order valence-corrected chi connectivity index (χ4v) is 14.0. The summed E-state index contributed by atoms with van der Waals surface area (Å²) >= 11 is 0. The molecule has 544 valence electrons. The zero-order valence-electron chi connectivity index (χ0n) is 63.3. The number of nitrogens with one attached hydrogen (secondary N) is 1. The molecule has 2 unspecified atom stereocenters. The van der Waals surface area contributed by atoms with Crippen LogP contribution in [0.1, 0.15) is 223 Å². The van der Waals surface area contributed by atoms with E-state index in [1.165, 1.54) is 82.2 Å². The molecule has 11 heteroatoms. The van der Waals surface area contributed by atoms with Crippen molar-refractivity contribution in [1.82, 2.24) is 24.9 Å². The summed E-state index contributed by atoms with van der Waals surface area (Å²) in [6.07, 6.45) is 10.2. The van der Waals surface area contributed by atoms with Crippen molar-refractivity contribution >= 4 is 11.1 Å². The van der Waals surface area contributed by atoms with Crippen LogP contribution in [0.2, 0.25) is 0 Å². The quantitative estimate of drug-likeness (QED) is 0.0275. The Bertz CT molecular complexity index is 3700. The number of benzene rings is 8. The molecule has 100 heavy (non-hydrogen) atoms. The number of phenolic OH excluding ortho intramolecular Hbond substituents is 5. The van der Waals surface area contributed by atoms with Crippen LogP contribution < -0.4 is 10.1 Å². The fourth-order valence-electron chi connectivity index (χ4n) is 14.0. The van der Waals surface area contributed by atoms with Crippen LogP contribution in [0, 0.1) is 13.8 Å². The molecule has 0 bridgehead atoms. The molecule has 1 aliphatic carbocycles. The minimum atomic E-state index is -0.0869. The summed E-state index contributed by atoms with van der Waals surface area (Å²) in [6.45, 7) is 28.2. The van der Waals surface area contributed by atoms with Gasteiger partial charge in [0.1, 0.15) is 34.5 Å². The lowest BCUT2D eigenvalue weighted by molar-refractivity contribution is 0.289. The van der Waals surface area contributed by atoms with E-state index < -0.39 is 0 Å². The van der Waals surface area contributed by atoms with E-state index in [2.05, 4.69) is 165 Å². The van der Waals surface area contributed by atoms with Crippen molar-refractivity contribution in [2.75, 3.05) is 62.5 Å². The van der Waals surface area contributed by atoms with E-state index in [0.29, 0.717) is 53.0 Å². The first-order valence-electron chi connectivity index (χ1n) is 36.3. The molecule has 11 nitrogen and oxygen atoms in total. The third-order valence-electron chi connectivity index (χ3n) is 19.6. The van der Waals surface area contributed by atoms with Gasteiger partial charge in [-0.3, -0.25) is 4.90 Å². The van der Waals surface area contributed by atoms with Crippen molar-refractivity contribution in [3.05, 3.63) is 247 Å². The molecule has 0 saturated heterocycles. The normalized spacial score (nSPS) is 13.3. The molecule has 2 atom stereocenters. The molecule has 0 spiro atoms. The van der Waals surface area contributed by atoms with Crippen molar-refractivity contribution in [2.45, 2.75) is 197 Å². The molecular weight excluding hydrogens is 1240 g/mol. The van der Waals surface area contributed by atoms with E-state index in [-0.39, 0.29) is 14.3 Å². The van der Waals surface area contributed by atoms with Crippen LogP contribution in [0.15, 0.2) is 164 Å². The highest BCUT2D eigenvalue weighted by molar-refractivity contribution is 5.91. The average molecular weight is 1360 g/mol. The summed E-state index contributed by atoms with van der Waals surface area (Å²) < 4.78 is 5.27. The van der Waals surface area contributed by atoms with Crippen molar-refractivity contribution in [1.29, 1.82) is 0 Å². The molecule has 1 saturated carbocycles. The highest BCUT2D eigenvalue weighted by atomic mass is 16.5. The van der Waals surface area contributed by atoms with Gasteiger partial charge in [-0.2, -0.15) is 0 Å². The van der Waals surface area contributed by atoms with E-state index >= 15 is 0 Å². The highest BCUT2D eigenvalue weighted by Crippen LogP contribution is 2.45. The Hall–Kier alpha value is -7.90. The third kappa shape index (κ3) is 23.9. The first kappa shape index (κ1) is 82.8. The number of hydrogen-bond donors (Lipinski definition) is 6. The van der Waals surface area contributed by atoms with Gasteiger partial charge in [-0.15, -0.1) is 0 Å². The summed E-state index contributed by atoms with van der Waals surface area (Å²) in [6, 6.07) is 56.0. The van der Waals surface area contributed by atoms with Crippen LogP contribution >= 0.6 is 0 Å². The summed E-state index contributed by atoms with van der Waals surface area (Å²) in [5.74, 6) is 3.99. The number of aromatic hydroxyl groups is 5. The van der Waals surface area contributed by atoms with Gasteiger partial charge in [0.05, 0.1) is 7.11 Å². The number of aryl methyl sites for hydroxylation is 2. The van der Waals surface area contributed by atoms with Crippen LogP contribution in [0.25, 0.3) is 11.1 Å². The van der Waals surface area contributed by atoms with Crippen LogP contribution in [0.5, 0.6) is 34.5 Å². The van der Waals surface area contributed by atoms with Gasteiger partial charge in [-0.25, -0.2) is 0 Å². The number of methoxy groups -OCH3 is 1. The Labute approximate surface area is 605 Å². The lowest BCUT2D eigenvalue weighted by atomic mass is 9.74. The van der Waals surface area contributed by atoms with Gasteiger partial charge in [0.15, 0.2) is 0 Å². The average Bonchev–Trinajstić information content (AvgIpc) is 0.772. The van der Waals surface area contributed by atoms with Crippen molar-refractivity contribution in [2.24, 2.45) is 0 Å². The molecule has 9 rings (SSSR count). The smallest absolute Gasteiger partial charge is 0.123 e. The predicted octanol–water partition coefficient (Wildman–Crippen LogP) is 20.9. The van der Waals surface area contributed by atoms with Gasteiger partial charge in [-0.05, 0) is 229 Å². The van der Waals surface area contributed by atoms with Crippen LogP contribution in [0.4, 0.5) is 0 Å². The molecule has 0 aromatic heterocycles. The number of hydrogen-bond acceptors (Lipinski definition) is 11. The molecule has 0 amide bonds. The Balaban J connectivity index is 0.000000287. The summed E-state index contributed by atoms with van der Waals surface area (Å²) in [7, 11) is 13.7. The van der Waals surface area contributed by atoms with E-state index in [1.54, 1.807) is 7.11 Å². The maximum Gasteiger partial charge on any atom is 0.123 e. The minimum absolute atomic E-state index is 0. The van der Waals surface area contributed by atoms with E-state index in [0.717, 1.165) is 122 Å². The molecule has 8 aromatic rings. The van der Waals surface area contributed by atoms with Crippen LogP contribution in [0.3, 0.4) is 0 Å². The second-order valence-corrected chi connectivity index (χ2v) is 28.3. The fraction of sp³-hybridized carbons (Fsp3) is 0.438. The number of rotatable bonds is 27. The minimum Gasteiger partial charge on any atom is -0.508 e. The van der Waals surface area contributed by atoms with Gasteiger partial charge in [0, 0.05) is 73.9 Å². The first-order chi connectivity index (χ1) is 47.4. The number of nitrogens with zero attached hydrogens (tertiary/aromatic N) is 4. The lowest BCUT2D eigenvalue weighted by Gasteiger charge is -2.31. The monoisotopic (exact) mass is 1360 g/mol. The molecule has 0 heterocycles. The topological polar surface area (TPSA) is 135 Å². The van der Waals surface area contributed by atoms with E-state index in [1.807, 2.05) is 135 Å². The number of allylic oxidation sites excluding steroid dienone is 2. The van der Waals surface area contributed by atoms with Gasteiger partial charge in [0.25, 0.3) is 0 Å². The predicted molar refractivity (Wildman–Crippen MR) is 425 cm³/mol. The van der Waals surface area contributed by atoms with E-state index in [4.69, 9.17) is 4.74 Å². The van der Waals surface area contributed by atoms with Crippen molar-refractivity contribution < 1.29 is 31.7 Å². The molecule has 8 aromatic carbocycles. The Morgan fingerprint density at radius 2 is 1.01 bits per heavy atom. The maximum absolute atomic E-state index is 11.2. The second kappa shape index (κ2) is 41.1. The van der Waals surface area contributed by atoms with Gasteiger partial charge in [0.2, 0.25) is 0 Å². The zero-order valence-corrected chi connectivity index (χ0v) is 63.3. The molecular formula is C89H127N5O6. The molecule has 0 aliphatic heterocycles. The Morgan fingerprint density at radius 1 is 0.500 bits per heavy atom. The molecule has 6 N–H and O–H groups in total.